The van der Waals surface area contributed by atoms with Gasteiger partial charge in [0, 0.05) is 23.2 Å². The molecule has 0 aliphatic heterocycles. The van der Waals surface area contributed by atoms with Crippen LogP contribution in [0.1, 0.15) is 29.1 Å². The number of hydrazone groups is 1. The van der Waals surface area contributed by atoms with Gasteiger partial charge in [-0.05, 0) is 12.5 Å². The predicted molar refractivity (Wildman–Crippen MR) is 82.0 cm³/mol. The van der Waals surface area contributed by atoms with Crippen molar-refractivity contribution in [1.82, 2.24) is 10.4 Å². The van der Waals surface area contributed by atoms with Gasteiger partial charge in [-0.1, -0.05) is 37.3 Å². The van der Waals surface area contributed by atoms with Crippen LogP contribution in [0, 0.1) is 6.92 Å². The zero-order valence-electron chi connectivity index (χ0n) is 11.5. The maximum atomic E-state index is 11.7. The van der Waals surface area contributed by atoms with Crippen LogP contribution in [0.3, 0.4) is 0 Å². The molecule has 0 aliphatic rings. The fraction of sp³-hybridized carbons (Fsp3) is 0.267. The molecule has 0 radical (unpaired) electrons. The molecule has 4 nitrogen and oxygen atoms in total. The van der Waals surface area contributed by atoms with E-state index in [2.05, 4.69) is 15.5 Å². The largest absolute Gasteiger partial charge is 0.273 e. The zero-order chi connectivity index (χ0) is 14.4. The van der Waals surface area contributed by atoms with Crippen molar-refractivity contribution >= 4 is 23.5 Å². The molecule has 0 spiro atoms. The SMILES string of the molecule is Cc1csc(CC(=O)N/N=C\[C@H](C)c2ccccc2)n1. The van der Waals surface area contributed by atoms with Gasteiger partial charge in [-0.3, -0.25) is 4.79 Å². The molecular formula is C15H17N3OS. The summed E-state index contributed by atoms with van der Waals surface area (Å²) in [4.78, 5) is 15.9. The number of thiazole rings is 1. The third kappa shape index (κ3) is 4.28. The second kappa shape index (κ2) is 6.96. The molecule has 0 saturated heterocycles. The Morgan fingerprint density at radius 3 is 2.85 bits per heavy atom. The van der Waals surface area contributed by atoms with Crippen LogP contribution in [-0.4, -0.2) is 17.1 Å². The second-order valence-corrected chi connectivity index (χ2v) is 5.51. The van der Waals surface area contributed by atoms with E-state index in [1.165, 1.54) is 16.9 Å². The standard InChI is InChI=1S/C15H17N3OS/c1-11(13-6-4-3-5-7-13)9-16-18-14(19)8-15-17-12(2)10-20-15/h3-7,9-11H,8H2,1-2H3,(H,18,19)/b16-9-/t11-/m0/s1. The molecule has 2 aromatic rings. The van der Waals surface area contributed by atoms with Gasteiger partial charge in [-0.25, -0.2) is 10.4 Å². The molecule has 20 heavy (non-hydrogen) atoms. The fourth-order valence-corrected chi connectivity index (χ4v) is 2.49. The summed E-state index contributed by atoms with van der Waals surface area (Å²) in [6, 6.07) is 10.0. The lowest BCUT2D eigenvalue weighted by Crippen LogP contribution is -2.20. The van der Waals surface area contributed by atoms with Gasteiger partial charge >= 0.3 is 0 Å². The number of rotatable bonds is 5. The number of hydrogen-bond donors (Lipinski definition) is 1. The van der Waals surface area contributed by atoms with Crippen molar-refractivity contribution in [2.75, 3.05) is 0 Å². The molecule has 0 bridgehead atoms. The Kier molecular flexibility index (Phi) is 5.01. The monoisotopic (exact) mass is 287 g/mol. The predicted octanol–water partition coefficient (Wildman–Crippen LogP) is 2.90. The molecule has 2 rings (SSSR count). The highest BCUT2D eigenvalue weighted by molar-refractivity contribution is 7.09. The van der Waals surface area contributed by atoms with Crippen LogP contribution in [0.2, 0.25) is 0 Å². The van der Waals surface area contributed by atoms with E-state index < -0.39 is 0 Å². The van der Waals surface area contributed by atoms with Crippen LogP contribution in [0.25, 0.3) is 0 Å². The van der Waals surface area contributed by atoms with Crippen LogP contribution >= 0.6 is 11.3 Å². The summed E-state index contributed by atoms with van der Waals surface area (Å²) < 4.78 is 0. The van der Waals surface area contributed by atoms with Crippen molar-refractivity contribution in [1.29, 1.82) is 0 Å². The van der Waals surface area contributed by atoms with Gasteiger partial charge in [0.25, 0.3) is 0 Å². The van der Waals surface area contributed by atoms with E-state index in [0.29, 0.717) is 0 Å². The number of aryl methyl sites for hydroxylation is 1. The average molecular weight is 287 g/mol. The first-order valence-electron chi connectivity index (χ1n) is 6.43. The van der Waals surface area contributed by atoms with Gasteiger partial charge in [-0.2, -0.15) is 5.10 Å². The first kappa shape index (κ1) is 14.4. The summed E-state index contributed by atoms with van der Waals surface area (Å²) in [7, 11) is 0. The minimum absolute atomic E-state index is 0.143. The number of nitrogens with zero attached hydrogens (tertiary/aromatic N) is 2. The molecule has 0 unspecified atom stereocenters. The lowest BCUT2D eigenvalue weighted by atomic mass is 10.0. The van der Waals surface area contributed by atoms with E-state index in [-0.39, 0.29) is 18.2 Å². The molecule has 1 aromatic heterocycles. The Morgan fingerprint density at radius 1 is 1.45 bits per heavy atom. The van der Waals surface area contributed by atoms with Crippen molar-refractivity contribution in [3.63, 3.8) is 0 Å². The minimum Gasteiger partial charge on any atom is -0.273 e. The number of carbonyl (C=O) groups excluding carboxylic acids is 1. The minimum atomic E-state index is -0.143. The van der Waals surface area contributed by atoms with E-state index in [0.717, 1.165) is 10.7 Å². The van der Waals surface area contributed by atoms with Crippen LogP contribution in [0.5, 0.6) is 0 Å². The molecule has 1 atom stereocenters. The van der Waals surface area contributed by atoms with Crippen molar-refractivity contribution in [3.8, 4) is 0 Å². The van der Waals surface area contributed by atoms with Crippen molar-refractivity contribution < 1.29 is 4.79 Å². The van der Waals surface area contributed by atoms with Gasteiger partial charge in [0.2, 0.25) is 5.91 Å². The molecule has 1 aromatic carbocycles. The van der Waals surface area contributed by atoms with E-state index in [4.69, 9.17) is 0 Å². The summed E-state index contributed by atoms with van der Waals surface area (Å²) in [6.45, 7) is 3.95. The smallest absolute Gasteiger partial charge is 0.246 e. The fourth-order valence-electron chi connectivity index (χ4n) is 1.72. The molecule has 0 fully saturated rings. The van der Waals surface area contributed by atoms with Crippen molar-refractivity contribution in [2.45, 2.75) is 26.2 Å². The van der Waals surface area contributed by atoms with Gasteiger partial charge < -0.3 is 0 Å². The summed E-state index contributed by atoms with van der Waals surface area (Å²) in [5, 5.41) is 6.75. The highest BCUT2D eigenvalue weighted by Gasteiger charge is 2.06. The number of nitrogens with one attached hydrogen (secondary N) is 1. The normalized spacial score (nSPS) is 12.5. The van der Waals surface area contributed by atoms with E-state index in [1.807, 2.05) is 49.6 Å². The number of amides is 1. The molecule has 5 heteroatoms. The number of aromatic nitrogens is 1. The molecule has 104 valence electrons. The molecule has 1 heterocycles. The van der Waals surface area contributed by atoms with E-state index in [9.17, 15) is 4.79 Å². The first-order valence-corrected chi connectivity index (χ1v) is 7.31. The van der Waals surface area contributed by atoms with Gasteiger partial charge in [0.15, 0.2) is 0 Å². The molecule has 0 aliphatic carbocycles. The maximum Gasteiger partial charge on any atom is 0.246 e. The summed E-state index contributed by atoms with van der Waals surface area (Å²) >= 11 is 1.49. The van der Waals surface area contributed by atoms with Crippen LogP contribution in [0.15, 0.2) is 40.8 Å². The molecule has 1 amide bonds. The maximum absolute atomic E-state index is 11.7. The Labute approximate surface area is 122 Å². The highest BCUT2D eigenvalue weighted by Crippen LogP contribution is 2.11. The number of carbonyl (C=O) groups is 1. The third-order valence-electron chi connectivity index (χ3n) is 2.79. The van der Waals surface area contributed by atoms with Crippen LogP contribution in [-0.2, 0) is 11.2 Å². The van der Waals surface area contributed by atoms with Gasteiger partial charge in [0.1, 0.15) is 5.01 Å². The summed E-state index contributed by atoms with van der Waals surface area (Å²) in [5.41, 5.74) is 4.65. The van der Waals surface area contributed by atoms with E-state index in [1.54, 1.807) is 6.21 Å². The molecule has 1 N–H and O–H groups in total. The summed E-state index contributed by atoms with van der Waals surface area (Å²) in [5.74, 6) is 0.0227. The third-order valence-corrected chi connectivity index (χ3v) is 3.76. The van der Waals surface area contributed by atoms with E-state index >= 15 is 0 Å². The first-order chi connectivity index (χ1) is 9.65. The van der Waals surface area contributed by atoms with Crippen LogP contribution in [0.4, 0.5) is 0 Å². The van der Waals surface area contributed by atoms with Gasteiger partial charge in [-0.15, -0.1) is 11.3 Å². The number of hydrogen-bond acceptors (Lipinski definition) is 4. The number of benzene rings is 1. The zero-order valence-corrected chi connectivity index (χ0v) is 12.4. The topological polar surface area (TPSA) is 54.4 Å². The molecule has 0 saturated carbocycles. The Hall–Kier alpha value is -2.01. The van der Waals surface area contributed by atoms with Crippen molar-refractivity contribution in [2.24, 2.45) is 5.10 Å². The van der Waals surface area contributed by atoms with Gasteiger partial charge in [0.05, 0.1) is 6.42 Å². The second-order valence-electron chi connectivity index (χ2n) is 4.57. The Balaban J connectivity index is 1.82. The summed E-state index contributed by atoms with van der Waals surface area (Å²) in [6.07, 6.45) is 2.01. The Bertz CT molecular complexity index is 592. The Morgan fingerprint density at radius 2 is 2.20 bits per heavy atom. The van der Waals surface area contributed by atoms with Crippen LogP contribution < -0.4 is 5.43 Å². The average Bonchev–Trinajstić information content (AvgIpc) is 2.85. The highest BCUT2D eigenvalue weighted by atomic mass is 32.1. The quantitative estimate of drug-likeness (QED) is 0.679. The molecular weight excluding hydrogens is 270 g/mol. The lowest BCUT2D eigenvalue weighted by molar-refractivity contribution is -0.120. The lowest BCUT2D eigenvalue weighted by Gasteiger charge is -2.05. The van der Waals surface area contributed by atoms with Crippen molar-refractivity contribution in [3.05, 3.63) is 52.0 Å².